The fraction of sp³-hybridized carbons (Fsp3) is 0.0435. The number of rotatable bonds is 4. The van der Waals surface area contributed by atoms with Gasteiger partial charge in [-0.3, -0.25) is 0 Å². The molecule has 49 heavy (non-hydrogen) atoms. The van der Waals surface area contributed by atoms with Gasteiger partial charge in [-0.1, -0.05) is 140 Å². The highest BCUT2D eigenvalue weighted by Gasteiger charge is 2.42. The van der Waals surface area contributed by atoms with Crippen molar-refractivity contribution >= 4 is 32.8 Å². The van der Waals surface area contributed by atoms with Gasteiger partial charge in [0, 0.05) is 27.1 Å². The number of nitrogens with zero attached hydrogens (tertiary/aromatic N) is 2. The van der Waals surface area contributed by atoms with Crippen LogP contribution >= 0.6 is 0 Å². The van der Waals surface area contributed by atoms with E-state index in [4.69, 9.17) is 14.4 Å². The summed E-state index contributed by atoms with van der Waals surface area (Å²) in [5, 5.41) is 3.24. The summed E-state index contributed by atoms with van der Waals surface area (Å²) < 4.78 is 6.85. The SMILES string of the molecule is CC1(c2ccccc2)c2ccccc2-c2ccc3oc4c(-c5nc(-c6ccccc6)c6cc(-c7ccccc7)ccc6n5)cccc4c3c21. The second kappa shape index (κ2) is 10.6. The van der Waals surface area contributed by atoms with Gasteiger partial charge in [-0.05, 0) is 70.1 Å². The molecule has 3 heteroatoms. The van der Waals surface area contributed by atoms with Crippen molar-refractivity contribution in [3.63, 3.8) is 0 Å². The lowest BCUT2D eigenvalue weighted by atomic mass is 9.73. The van der Waals surface area contributed by atoms with E-state index >= 15 is 0 Å². The Balaban J connectivity index is 1.23. The molecule has 7 aromatic carbocycles. The fourth-order valence-electron chi connectivity index (χ4n) is 8.04. The molecule has 0 fully saturated rings. The van der Waals surface area contributed by atoms with Crippen LogP contribution in [0.25, 0.3) is 77.7 Å². The molecule has 9 aromatic rings. The number of hydrogen-bond acceptors (Lipinski definition) is 3. The molecule has 230 valence electrons. The summed E-state index contributed by atoms with van der Waals surface area (Å²) in [5.74, 6) is 0.647. The number of hydrogen-bond donors (Lipinski definition) is 0. The van der Waals surface area contributed by atoms with Crippen LogP contribution in [0.4, 0.5) is 0 Å². The first-order valence-corrected chi connectivity index (χ1v) is 16.8. The van der Waals surface area contributed by atoms with Crippen LogP contribution in [-0.4, -0.2) is 9.97 Å². The molecule has 1 aliphatic rings. The third-order valence-electron chi connectivity index (χ3n) is 10.4. The Kier molecular flexibility index (Phi) is 6.00. The van der Waals surface area contributed by atoms with Crippen molar-refractivity contribution in [1.29, 1.82) is 0 Å². The number of furan rings is 1. The van der Waals surface area contributed by atoms with Crippen LogP contribution in [-0.2, 0) is 5.41 Å². The predicted molar refractivity (Wildman–Crippen MR) is 201 cm³/mol. The van der Waals surface area contributed by atoms with E-state index in [2.05, 4.69) is 159 Å². The Morgan fingerprint density at radius 1 is 0.510 bits per heavy atom. The van der Waals surface area contributed by atoms with E-state index in [9.17, 15) is 0 Å². The maximum absolute atomic E-state index is 6.85. The van der Waals surface area contributed by atoms with Gasteiger partial charge in [0.25, 0.3) is 0 Å². The molecular weight excluding hydrogens is 597 g/mol. The van der Waals surface area contributed by atoms with Crippen LogP contribution < -0.4 is 0 Å². The Hall–Kier alpha value is -6.32. The molecular formula is C46H30N2O. The van der Waals surface area contributed by atoms with Crippen LogP contribution in [0.5, 0.6) is 0 Å². The van der Waals surface area contributed by atoms with E-state index in [-0.39, 0.29) is 5.41 Å². The van der Waals surface area contributed by atoms with Crippen molar-refractivity contribution in [3.8, 4) is 44.9 Å². The largest absolute Gasteiger partial charge is 0.455 e. The lowest BCUT2D eigenvalue weighted by Crippen LogP contribution is -2.22. The third kappa shape index (κ3) is 4.09. The molecule has 3 nitrogen and oxygen atoms in total. The fourth-order valence-corrected chi connectivity index (χ4v) is 8.04. The van der Waals surface area contributed by atoms with Gasteiger partial charge < -0.3 is 4.42 Å². The molecule has 0 saturated heterocycles. The van der Waals surface area contributed by atoms with Crippen LogP contribution in [0.1, 0.15) is 23.6 Å². The zero-order valence-electron chi connectivity index (χ0n) is 26.9. The molecule has 2 aromatic heterocycles. The highest BCUT2D eigenvalue weighted by molar-refractivity contribution is 6.14. The first-order chi connectivity index (χ1) is 24.2. The average molecular weight is 627 g/mol. The van der Waals surface area contributed by atoms with Gasteiger partial charge in [0.05, 0.1) is 16.8 Å². The van der Waals surface area contributed by atoms with Gasteiger partial charge in [-0.25, -0.2) is 9.97 Å². The van der Waals surface area contributed by atoms with E-state index < -0.39 is 0 Å². The van der Waals surface area contributed by atoms with Crippen LogP contribution in [0.15, 0.2) is 168 Å². The monoisotopic (exact) mass is 626 g/mol. The van der Waals surface area contributed by atoms with Gasteiger partial charge in [-0.15, -0.1) is 0 Å². The zero-order valence-corrected chi connectivity index (χ0v) is 26.9. The number of para-hydroxylation sites is 1. The number of aromatic nitrogens is 2. The van der Waals surface area contributed by atoms with E-state index in [0.29, 0.717) is 5.82 Å². The summed E-state index contributed by atoms with van der Waals surface area (Å²) in [4.78, 5) is 10.5. The number of fused-ring (bicyclic) bond motifs is 8. The van der Waals surface area contributed by atoms with Crippen molar-refractivity contribution in [1.82, 2.24) is 9.97 Å². The molecule has 1 aliphatic carbocycles. The molecule has 0 radical (unpaired) electrons. The minimum atomic E-state index is -0.351. The van der Waals surface area contributed by atoms with Crippen molar-refractivity contribution < 1.29 is 4.42 Å². The molecule has 10 rings (SSSR count). The molecule has 1 unspecified atom stereocenters. The highest BCUT2D eigenvalue weighted by atomic mass is 16.3. The minimum Gasteiger partial charge on any atom is -0.455 e. The highest BCUT2D eigenvalue weighted by Crippen LogP contribution is 2.56. The molecule has 0 amide bonds. The van der Waals surface area contributed by atoms with Gasteiger partial charge in [0.15, 0.2) is 5.82 Å². The predicted octanol–water partition coefficient (Wildman–Crippen LogP) is 11.9. The normalized spacial score (nSPS) is 15.1. The molecule has 2 heterocycles. The molecule has 1 atom stereocenters. The first-order valence-electron chi connectivity index (χ1n) is 16.8. The standard InChI is InChI=1S/C46H30N2O/c1-46(32-18-9-4-10-19-32)38-23-12-11-20-33(38)34-25-27-40-41(42(34)46)35-21-13-22-36(44(35)49-40)45-47-39-26-24-31(29-14-5-2-6-15-29)28-37(39)43(48-45)30-16-7-3-8-17-30/h2-28H,1H3. The summed E-state index contributed by atoms with van der Waals surface area (Å²) in [5.41, 5.74) is 13.7. The Morgan fingerprint density at radius 3 is 2.00 bits per heavy atom. The summed E-state index contributed by atoms with van der Waals surface area (Å²) >= 11 is 0. The van der Waals surface area contributed by atoms with Crippen molar-refractivity contribution in [2.75, 3.05) is 0 Å². The Bertz CT molecular complexity index is 2710. The second-order valence-corrected chi connectivity index (χ2v) is 13.0. The van der Waals surface area contributed by atoms with Gasteiger partial charge in [-0.2, -0.15) is 0 Å². The molecule has 0 spiro atoms. The van der Waals surface area contributed by atoms with Crippen molar-refractivity contribution in [2.24, 2.45) is 0 Å². The lowest BCUT2D eigenvalue weighted by Gasteiger charge is -2.28. The smallest absolute Gasteiger partial charge is 0.164 e. The zero-order chi connectivity index (χ0) is 32.5. The Labute approximate surface area is 284 Å². The van der Waals surface area contributed by atoms with E-state index in [1.807, 2.05) is 12.1 Å². The number of benzene rings is 7. The maximum Gasteiger partial charge on any atom is 0.164 e. The first kappa shape index (κ1) is 27.8. The van der Waals surface area contributed by atoms with Crippen molar-refractivity contribution in [2.45, 2.75) is 12.3 Å². The maximum atomic E-state index is 6.85. The van der Waals surface area contributed by atoms with Crippen molar-refractivity contribution in [3.05, 3.63) is 180 Å². The summed E-state index contributed by atoms with van der Waals surface area (Å²) in [7, 11) is 0. The summed E-state index contributed by atoms with van der Waals surface area (Å²) in [6, 6.07) is 57.8. The molecule has 0 bridgehead atoms. The lowest BCUT2D eigenvalue weighted by molar-refractivity contribution is 0.667. The van der Waals surface area contributed by atoms with Crippen LogP contribution in [0.3, 0.4) is 0 Å². The minimum absolute atomic E-state index is 0.351. The molecule has 0 saturated carbocycles. The second-order valence-electron chi connectivity index (χ2n) is 13.0. The van der Waals surface area contributed by atoms with E-state index in [1.165, 1.54) is 27.8 Å². The third-order valence-corrected chi connectivity index (χ3v) is 10.4. The van der Waals surface area contributed by atoms with Gasteiger partial charge in [0.1, 0.15) is 11.2 Å². The van der Waals surface area contributed by atoms with Crippen LogP contribution in [0, 0.1) is 0 Å². The van der Waals surface area contributed by atoms with Gasteiger partial charge in [0.2, 0.25) is 0 Å². The van der Waals surface area contributed by atoms with Gasteiger partial charge >= 0.3 is 0 Å². The topological polar surface area (TPSA) is 38.9 Å². The average Bonchev–Trinajstić information content (AvgIpc) is 3.68. The Morgan fingerprint density at radius 2 is 1.20 bits per heavy atom. The quantitative estimate of drug-likeness (QED) is 0.195. The summed E-state index contributed by atoms with van der Waals surface area (Å²) in [6.07, 6.45) is 0. The molecule has 0 aliphatic heterocycles. The van der Waals surface area contributed by atoms with E-state index in [1.54, 1.807) is 0 Å². The summed E-state index contributed by atoms with van der Waals surface area (Å²) in [6.45, 7) is 2.36. The van der Waals surface area contributed by atoms with Crippen LogP contribution in [0.2, 0.25) is 0 Å². The molecule has 0 N–H and O–H groups in total. The van der Waals surface area contributed by atoms with E-state index in [0.717, 1.165) is 60.8 Å².